The van der Waals surface area contributed by atoms with Gasteiger partial charge in [-0.3, -0.25) is 0 Å². The molecule has 0 aliphatic heterocycles. The fourth-order valence-corrected chi connectivity index (χ4v) is 1.67. The summed E-state index contributed by atoms with van der Waals surface area (Å²) in [6, 6.07) is 6.14. The summed E-state index contributed by atoms with van der Waals surface area (Å²) in [5, 5.41) is 0. The minimum absolute atomic E-state index is 0.878. The van der Waals surface area contributed by atoms with Gasteiger partial charge < -0.3 is 0 Å². The first-order valence-corrected chi connectivity index (χ1v) is 4.75. The lowest BCUT2D eigenvalue weighted by molar-refractivity contribution is 1.10. The molecule has 13 heavy (non-hydrogen) atoms. The van der Waals surface area contributed by atoms with Crippen LogP contribution in [0.3, 0.4) is 0 Å². The molecule has 1 aromatic rings. The summed E-state index contributed by atoms with van der Waals surface area (Å²) < 4.78 is 0. The Morgan fingerprint density at radius 3 is 2.46 bits per heavy atom. The SMILES string of the molecule is C=CCc1cccc(S)c1CC=C. The molecule has 1 rings (SSSR count). The van der Waals surface area contributed by atoms with Crippen molar-refractivity contribution in [1.82, 2.24) is 0 Å². The molecule has 0 unspecified atom stereocenters. The molecule has 1 heteroatoms. The molecule has 0 heterocycles. The molecule has 0 aliphatic carbocycles. The number of allylic oxidation sites excluding steroid dienone is 2. The highest BCUT2D eigenvalue weighted by molar-refractivity contribution is 7.80. The molecule has 0 amide bonds. The Bertz CT molecular complexity index is 313. The van der Waals surface area contributed by atoms with Gasteiger partial charge in [0.15, 0.2) is 0 Å². The molecule has 0 spiro atoms. The highest BCUT2D eigenvalue weighted by Crippen LogP contribution is 2.20. The molecule has 68 valence electrons. The van der Waals surface area contributed by atoms with Crippen molar-refractivity contribution in [3.63, 3.8) is 0 Å². The van der Waals surface area contributed by atoms with E-state index in [1.54, 1.807) is 0 Å². The highest BCUT2D eigenvalue weighted by atomic mass is 32.1. The fourth-order valence-electron chi connectivity index (χ4n) is 1.35. The Balaban J connectivity index is 3.08. The van der Waals surface area contributed by atoms with Crippen LogP contribution < -0.4 is 0 Å². The smallest absolute Gasteiger partial charge is 0.00780 e. The van der Waals surface area contributed by atoms with E-state index in [4.69, 9.17) is 0 Å². The van der Waals surface area contributed by atoms with Crippen molar-refractivity contribution in [2.24, 2.45) is 0 Å². The van der Waals surface area contributed by atoms with E-state index in [-0.39, 0.29) is 0 Å². The van der Waals surface area contributed by atoms with Crippen LogP contribution in [0, 0.1) is 0 Å². The van der Waals surface area contributed by atoms with E-state index in [1.807, 2.05) is 24.3 Å². The van der Waals surface area contributed by atoms with Gasteiger partial charge in [0.05, 0.1) is 0 Å². The Kier molecular flexibility index (Phi) is 3.84. The number of rotatable bonds is 4. The first-order valence-electron chi connectivity index (χ1n) is 4.31. The average molecular weight is 190 g/mol. The maximum absolute atomic E-state index is 4.41. The van der Waals surface area contributed by atoms with Crippen LogP contribution in [-0.2, 0) is 12.8 Å². The minimum Gasteiger partial charge on any atom is -0.143 e. The van der Waals surface area contributed by atoms with Gasteiger partial charge in [0.2, 0.25) is 0 Å². The minimum atomic E-state index is 0.878. The molecule has 0 radical (unpaired) electrons. The van der Waals surface area contributed by atoms with Crippen LogP contribution in [0.5, 0.6) is 0 Å². The van der Waals surface area contributed by atoms with Crippen molar-refractivity contribution in [1.29, 1.82) is 0 Å². The lowest BCUT2D eigenvalue weighted by atomic mass is 10.0. The number of benzene rings is 1. The average Bonchev–Trinajstić information content (AvgIpc) is 2.11. The Labute approximate surface area is 85.4 Å². The molecule has 0 atom stereocenters. The van der Waals surface area contributed by atoms with Crippen LogP contribution in [0.2, 0.25) is 0 Å². The monoisotopic (exact) mass is 190 g/mol. The molecule has 1 aromatic carbocycles. The van der Waals surface area contributed by atoms with Crippen LogP contribution in [0.4, 0.5) is 0 Å². The summed E-state index contributed by atoms with van der Waals surface area (Å²) in [6.45, 7) is 7.47. The van der Waals surface area contributed by atoms with Crippen LogP contribution in [0.25, 0.3) is 0 Å². The third kappa shape index (κ3) is 2.49. The summed E-state index contributed by atoms with van der Waals surface area (Å²) >= 11 is 4.41. The van der Waals surface area contributed by atoms with E-state index < -0.39 is 0 Å². The van der Waals surface area contributed by atoms with Crippen LogP contribution in [0.1, 0.15) is 11.1 Å². The number of hydrogen-bond acceptors (Lipinski definition) is 1. The zero-order chi connectivity index (χ0) is 9.68. The van der Waals surface area contributed by atoms with Gasteiger partial charge in [-0.1, -0.05) is 24.3 Å². The second-order valence-electron chi connectivity index (χ2n) is 2.90. The maximum Gasteiger partial charge on any atom is 0.00780 e. The summed E-state index contributed by atoms with van der Waals surface area (Å²) in [4.78, 5) is 1.04. The second-order valence-corrected chi connectivity index (χ2v) is 3.38. The van der Waals surface area contributed by atoms with Gasteiger partial charge in [0.25, 0.3) is 0 Å². The predicted octanol–water partition coefficient (Wildman–Crippen LogP) is 3.43. The van der Waals surface area contributed by atoms with Gasteiger partial charge in [-0.25, -0.2) is 0 Å². The standard InChI is InChI=1S/C12H14S/c1-3-6-10-8-5-9-12(13)11(10)7-4-2/h3-5,8-9,13H,1-2,6-7H2. The lowest BCUT2D eigenvalue weighted by Gasteiger charge is -2.07. The normalized spacial score (nSPS) is 9.62. The van der Waals surface area contributed by atoms with Crippen LogP contribution in [-0.4, -0.2) is 0 Å². The van der Waals surface area contributed by atoms with Gasteiger partial charge in [0, 0.05) is 4.90 Å². The van der Waals surface area contributed by atoms with E-state index in [9.17, 15) is 0 Å². The molecule has 0 nitrogen and oxygen atoms in total. The first kappa shape index (κ1) is 10.1. The largest absolute Gasteiger partial charge is 0.143 e. The zero-order valence-electron chi connectivity index (χ0n) is 7.66. The molecule has 0 N–H and O–H groups in total. The van der Waals surface area contributed by atoms with Gasteiger partial charge in [-0.2, -0.15) is 0 Å². The van der Waals surface area contributed by atoms with E-state index >= 15 is 0 Å². The van der Waals surface area contributed by atoms with Crippen molar-refractivity contribution < 1.29 is 0 Å². The van der Waals surface area contributed by atoms with E-state index in [2.05, 4.69) is 31.9 Å². The topological polar surface area (TPSA) is 0 Å². The van der Waals surface area contributed by atoms with Gasteiger partial charge >= 0.3 is 0 Å². The predicted molar refractivity (Wildman–Crippen MR) is 61.5 cm³/mol. The van der Waals surface area contributed by atoms with Gasteiger partial charge in [-0.05, 0) is 30.0 Å². The molecular formula is C12H14S. The van der Waals surface area contributed by atoms with Gasteiger partial charge in [0.1, 0.15) is 0 Å². The van der Waals surface area contributed by atoms with E-state index in [0.717, 1.165) is 17.7 Å². The summed E-state index contributed by atoms with van der Waals surface area (Å²) in [7, 11) is 0. The van der Waals surface area contributed by atoms with E-state index in [1.165, 1.54) is 11.1 Å². The molecule has 0 saturated heterocycles. The summed E-state index contributed by atoms with van der Waals surface area (Å²) in [5.41, 5.74) is 2.56. The quantitative estimate of drug-likeness (QED) is 0.546. The molecule has 0 saturated carbocycles. The van der Waals surface area contributed by atoms with Crippen LogP contribution >= 0.6 is 12.6 Å². The second kappa shape index (κ2) is 4.93. The molecule has 0 fully saturated rings. The maximum atomic E-state index is 4.41. The van der Waals surface area contributed by atoms with Crippen molar-refractivity contribution >= 4 is 12.6 Å². The summed E-state index contributed by atoms with van der Waals surface area (Å²) in [5.74, 6) is 0. The number of hydrogen-bond donors (Lipinski definition) is 1. The van der Waals surface area contributed by atoms with E-state index in [0.29, 0.717) is 0 Å². The first-order chi connectivity index (χ1) is 6.29. The summed E-state index contributed by atoms with van der Waals surface area (Å²) in [6.07, 6.45) is 5.59. The molecule has 0 aliphatic rings. The van der Waals surface area contributed by atoms with Crippen LogP contribution in [0.15, 0.2) is 48.4 Å². The van der Waals surface area contributed by atoms with Crippen molar-refractivity contribution in [3.05, 3.63) is 54.6 Å². The molecule has 0 aromatic heterocycles. The number of thiol groups is 1. The van der Waals surface area contributed by atoms with Crippen molar-refractivity contribution in [2.75, 3.05) is 0 Å². The Morgan fingerprint density at radius 2 is 1.85 bits per heavy atom. The van der Waals surface area contributed by atoms with Crippen molar-refractivity contribution in [3.8, 4) is 0 Å². The molecular weight excluding hydrogens is 176 g/mol. The highest BCUT2D eigenvalue weighted by Gasteiger charge is 2.02. The lowest BCUT2D eigenvalue weighted by Crippen LogP contribution is -1.92. The Morgan fingerprint density at radius 1 is 1.15 bits per heavy atom. The third-order valence-corrected chi connectivity index (χ3v) is 2.38. The molecule has 0 bridgehead atoms. The Hall–Kier alpha value is -0.950. The zero-order valence-corrected chi connectivity index (χ0v) is 8.56. The van der Waals surface area contributed by atoms with Gasteiger partial charge in [-0.15, -0.1) is 25.8 Å². The fraction of sp³-hybridized carbons (Fsp3) is 0.167. The third-order valence-electron chi connectivity index (χ3n) is 1.96. The van der Waals surface area contributed by atoms with Crippen molar-refractivity contribution in [2.45, 2.75) is 17.7 Å².